The molecule has 0 fully saturated rings. The summed E-state index contributed by atoms with van der Waals surface area (Å²) in [5, 5.41) is 8.64. The van der Waals surface area contributed by atoms with Crippen molar-refractivity contribution in [1.82, 2.24) is 4.98 Å². The van der Waals surface area contributed by atoms with Crippen molar-refractivity contribution in [3.8, 4) is 17.7 Å². The maximum Gasteiger partial charge on any atom is 0.219 e. The number of halogens is 1. The fourth-order valence-corrected chi connectivity index (χ4v) is 1.49. The standard InChI is InChI=1S/C14H12FN3O/c1-9(17)11-3-5-14(18-8-11)19-13-4-2-10(7-16)6-12(13)15/h2-6,8-9H,17H2,1H3. The van der Waals surface area contributed by atoms with E-state index in [1.54, 1.807) is 18.3 Å². The first-order valence-corrected chi connectivity index (χ1v) is 5.69. The molecule has 0 saturated carbocycles. The molecule has 1 atom stereocenters. The summed E-state index contributed by atoms with van der Waals surface area (Å²) in [6.45, 7) is 1.85. The van der Waals surface area contributed by atoms with Gasteiger partial charge in [-0.1, -0.05) is 6.07 Å². The molecule has 1 aromatic heterocycles. The highest BCUT2D eigenvalue weighted by Gasteiger charge is 2.07. The molecule has 2 aromatic rings. The lowest BCUT2D eigenvalue weighted by molar-refractivity contribution is 0.427. The van der Waals surface area contributed by atoms with Crippen molar-refractivity contribution in [1.29, 1.82) is 5.26 Å². The lowest BCUT2D eigenvalue weighted by Crippen LogP contribution is -2.05. The Balaban J connectivity index is 2.19. The zero-order valence-corrected chi connectivity index (χ0v) is 10.3. The number of pyridine rings is 1. The Hall–Kier alpha value is -2.45. The highest BCUT2D eigenvalue weighted by molar-refractivity contribution is 5.37. The van der Waals surface area contributed by atoms with Gasteiger partial charge < -0.3 is 10.5 Å². The van der Waals surface area contributed by atoms with Gasteiger partial charge in [-0.25, -0.2) is 9.37 Å². The molecule has 0 aliphatic heterocycles. The summed E-state index contributed by atoms with van der Waals surface area (Å²) in [6, 6.07) is 9.13. The van der Waals surface area contributed by atoms with E-state index in [4.69, 9.17) is 15.7 Å². The van der Waals surface area contributed by atoms with Gasteiger partial charge in [0, 0.05) is 18.3 Å². The molecule has 2 rings (SSSR count). The average Bonchev–Trinajstić information content (AvgIpc) is 2.41. The summed E-state index contributed by atoms with van der Waals surface area (Å²) in [4.78, 5) is 4.05. The zero-order chi connectivity index (χ0) is 13.8. The van der Waals surface area contributed by atoms with Crippen molar-refractivity contribution < 1.29 is 9.13 Å². The summed E-state index contributed by atoms with van der Waals surface area (Å²) in [5.41, 5.74) is 6.81. The van der Waals surface area contributed by atoms with E-state index in [2.05, 4.69) is 4.98 Å². The Labute approximate surface area is 110 Å². The number of hydrogen-bond acceptors (Lipinski definition) is 4. The minimum atomic E-state index is -0.600. The second-order valence-electron chi connectivity index (χ2n) is 4.08. The largest absolute Gasteiger partial charge is 0.436 e. The van der Waals surface area contributed by atoms with Crippen LogP contribution in [0, 0.1) is 17.1 Å². The molecule has 0 bridgehead atoms. The van der Waals surface area contributed by atoms with E-state index >= 15 is 0 Å². The summed E-state index contributed by atoms with van der Waals surface area (Å²) in [7, 11) is 0. The maximum absolute atomic E-state index is 13.6. The number of ether oxygens (including phenoxy) is 1. The van der Waals surface area contributed by atoms with E-state index in [1.165, 1.54) is 12.1 Å². The van der Waals surface area contributed by atoms with Gasteiger partial charge in [0.25, 0.3) is 0 Å². The zero-order valence-electron chi connectivity index (χ0n) is 10.3. The topological polar surface area (TPSA) is 71.9 Å². The van der Waals surface area contributed by atoms with Gasteiger partial charge in [-0.2, -0.15) is 5.26 Å². The summed E-state index contributed by atoms with van der Waals surface area (Å²) >= 11 is 0. The number of rotatable bonds is 3. The Morgan fingerprint density at radius 2 is 2.16 bits per heavy atom. The van der Waals surface area contributed by atoms with Gasteiger partial charge in [0.2, 0.25) is 5.88 Å². The summed E-state index contributed by atoms with van der Waals surface area (Å²) in [6.07, 6.45) is 1.58. The predicted molar refractivity (Wildman–Crippen MR) is 68.0 cm³/mol. The molecule has 0 aliphatic rings. The highest BCUT2D eigenvalue weighted by Crippen LogP contribution is 2.24. The van der Waals surface area contributed by atoms with Crippen LogP contribution in [-0.2, 0) is 0 Å². The fraction of sp³-hybridized carbons (Fsp3) is 0.143. The first-order chi connectivity index (χ1) is 9.10. The van der Waals surface area contributed by atoms with Gasteiger partial charge in [0.15, 0.2) is 11.6 Å². The molecular formula is C14H12FN3O. The number of aromatic nitrogens is 1. The molecule has 0 radical (unpaired) electrons. The smallest absolute Gasteiger partial charge is 0.219 e. The van der Waals surface area contributed by atoms with Crippen LogP contribution < -0.4 is 10.5 Å². The van der Waals surface area contributed by atoms with E-state index in [1.807, 2.05) is 13.0 Å². The van der Waals surface area contributed by atoms with Crippen LogP contribution in [0.2, 0.25) is 0 Å². The monoisotopic (exact) mass is 257 g/mol. The molecule has 1 heterocycles. The van der Waals surface area contributed by atoms with Gasteiger partial charge >= 0.3 is 0 Å². The third kappa shape index (κ3) is 3.06. The van der Waals surface area contributed by atoms with Gasteiger partial charge in [-0.3, -0.25) is 0 Å². The van der Waals surface area contributed by atoms with Crippen LogP contribution in [0.1, 0.15) is 24.1 Å². The number of nitriles is 1. The first-order valence-electron chi connectivity index (χ1n) is 5.69. The molecule has 0 saturated heterocycles. The third-order valence-electron chi connectivity index (χ3n) is 2.56. The van der Waals surface area contributed by atoms with Gasteiger partial charge in [0.05, 0.1) is 11.6 Å². The minimum absolute atomic E-state index is 0.0278. The molecule has 1 unspecified atom stereocenters. The van der Waals surface area contributed by atoms with Crippen molar-refractivity contribution >= 4 is 0 Å². The van der Waals surface area contributed by atoms with Crippen LogP contribution in [0.3, 0.4) is 0 Å². The summed E-state index contributed by atoms with van der Waals surface area (Å²) in [5.74, 6) is -0.301. The maximum atomic E-state index is 13.6. The quantitative estimate of drug-likeness (QED) is 0.917. The van der Waals surface area contributed by atoms with Gasteiger partial charge in [0.1, 0.15) is 0 Å². The van der Waals surface area contributed by atoms with Crippen molar-refractivity contribution in [2.75, 3.05) is 0 Å². The molecule has 0 spiro atoms. The van der Waals surface area contributed by atoms with Crippen molar-refractivity contribution in [2.45, 2.75) is 13.0 Å². The average molecular weight is 257 g/mol. The molecule has 5 heteroatoms. The Morgan fingerprint density at radius 1 is 1.37 bits per heavy atom. The van der Waals surface area contributed by atoms with Crippen LogP contribution in [0.15, 0.2) is 36.5 Å². The number of hydrogen-bond donors (Lipinski definition) is 1. The van der Waals surface area contributed by atoms with Gasteiger partial charge in [-0.15, -0.1) is 0 Å². The van der Waals surface area contributed by atoms with Crippen molar-refractivity contribution in [3.05, 3.63) is 53.5 Å². The van der Waals surface area contributed by atoms with E-state index < -0.39 is 5.82 Å². The Bertz CT molecular complexity index is 618. The van der Waals surface area contributed by atoms with E-state index in [9.17, 15) is 4.39 Å². The van der Waals surface area contributed by atoms with Gasteiger partial charge in [-0.05, 0) is 30.7 Å². The first kappa shape index (κ1) is 13.0. The van der Waals surface area contributed by atoms with Crippen molar-refractivity contribution in [2.24, 2.45) is 5.73 Å². The number of nitrogens with two attached hydrogens (primary N) is 1. The van der Waals surface area contributed by atoms with Crippen LogP contribution in [0.25, 0.3) is 0 Å². The second-order valence-corrected chi connectivity index (χ2v) is 4.08. The number of nitrogens with zero attached hydrogens (tertiary/aromatic N) is 2. The molecule has 19 heavy (non-hydrogen) atoms. The van der Waals surface area contributed by atoms with Crippen LogP contribution in [0.4, 0.5) is 4.39 Å². The molecule has 0 amide bonds. The lowest BCUT2D eigenvalue weighted by Gasteiger charge is -2.08. The minimum Gasteiger partial charge on any atom is -0.436 e. The predicted octanol–water partition coefficient (Wildman–Crippen LogP) is 2.90. The number of benzene rings is 1. The molecular weight excluding hydrogens is 245 g/mol. The van der Waals surface area contributed by atoms with Crippen molar-refractivity contribution in [3.63, 3.8) is 0 Å². The molecule has 0 aliphatic carbocycles. The molecule has 1 aromatic carbocycles. The van der Waals surface area contributed by atoms with E-state index in [0.717, 1.165) is 11.6 Å². The SMILES string of the molecule is CC(N)c1ccc(Oc2ccc(C#N)cc2F)nc1. The highest BCUT2D eigenvalue weighted by atomic mass is 19.1. The third-order valence-corrected chi connectivity index (χ3v) is 2.56. The molecule has 96 valence electrons. The van der Waals surface area contributed by atoms with Crippen LogP contribution in [0.5, 0.6) is 11.6 Å². The Morgan fingerprint density at radius 3 is 2.68 bits per heavy atom. The van der Waals surface area contributed by atoms with Crippen LogP contribution in [-0.4, -0.2) is 4.98 Å². The second kappa shape index (κ2) is 5.46. The molecule has 4 nitrogen and oxygen atoms in total. The normalized spacial score (nSPS) is 11.7. The van der Waals surface area contributed by atoms with E-state index in [-0.39, 0.29) is 23.2 Å². The van der Waals surface area contributed by atoms with E-state index in [0.29, 0.717) is 0 Å². The molecule has 2 N–H and O–H groups in total. The fourth-order valence-electron chi connectivity index (χ4n) is 1.49. The lowest BCUT2D eigenvalue weighted by atomic mass is 10.2. The Kier molecular flexibility index (Phi) is 3.74. The summed E-state index contributed by atoms with van der Waals surface area (Å²) < 4.78 is 18.9. The van der Waals surface area contributed by atoms with Crippen LogP contribution >= 0.6 is 0 Å².